The van der Waals surface area contributed by atoms with Crippen LogP contribution in [0.5, 0.6) is 11.5 Å². The van der Waals surface area contributed by atoms with Crippen LogP contribution in [0.15, 0.2) is 77.3 Å². The van der Waals surface area contributed by atoms with E-state index in [0.717, 1.165) is 34.6 Å². The zero-order valence-corrected chi connectivity index (χ0v) is 21.9. The third kappa shape index (κ3) is 5.01. The normalized spacial score (nSPS) is 14.7. The fourth-order valence-corrected chi connectivity index (χ4v) is 4.49. The van der Waals surface area contributed by atoms with Crippen LogP contribution in [0.2, 0.25) is 0 Å². The number of pyridine rings is 1. The van der Waals surface area contributed by atoms with Gasteiger partial charge in [0.15, 0.2) is 17.8 Å². The molecular weight excluding hydrogens is 494 g/mol. The second kappa shape index (κ2) is 10.1. The van der Waals surface area contributed by atoms with Gasteiger partial charge in [0.25, 0.3) is 5.91 Å². The Morgan fingerprint density at radius 3 is 2.82 bits per heavy atom. The number of carbonyl (C=O) groups excluding carboxylic acids is 1. The van der Waals surface area contributed by atoms with E-state index in [-0.39, 0.29) is 5.91 Å². The summed E-state index contributed by atoms with van der Waals surface area (Å²) in [5, 5.41) is 3.36. The van der Waals surface area contributed by atoms with Gasteiger partial charge < -0.3 is 19.4 Å². The molecule has 5 aromatic rings. The van der Waals surface area contributed by atoms with E-state index in [1.807, 2.05) is 80.5 Å². The molecule has 1 N–H and O–H groups in total. The average Bonchev–Trinajstić information content (AvgIpc) is 3.55. The topological polar surface area (TPSA) is 110 Å². The van der Waals surface area contributed by atoms with Crippen LogP contribution >= 0.6 is 0 Å². The SMILES string of the molecule is Cc1cc(Nc2ncnc3ccc(N4CC/C(=C\CN(C)C)C4=O)nc23)ccc1Oc1ccc2ocnc2c1. The summed E-state index contributed by atoms with van der Waals surface area (Å²) in [6, 6.07) is 15.0. The van der Waals surface area contributed by atoms with Crippen molar-refractivity contribution in [2.45, 2.75) is 13.3 Å². The lowest BCUT2D eigenvalue weighted by atomic mass is 10.2. The van der Waals surface area contributed by atoms with Crippen molar-refractivity contribution in [3.63, 3.8) is 0 Å². The molecule has 39 heavy (non-hydrogen) atoms. The molecule has 3 aromatic heterocycles. The first kappa shape index (κ1) is 24.5. The molecule has 0 spiro atoms. The van der Waals surface area contributed by atoms with Crippen LogP contribution in [-0.4, -0.2) is 57.9 Å². The van der Waals surface area contributed by atoms with E-state index < -0.39 is 0 Å². The first-order valence-corrected chi connectivity index (χ1v) is 12.6. The highest BCUT2D eigenvalue weighted by Crippen LogP contribution is 2.32. The summed E-state index contributed by atoms with van der Waals surface area (Å²) in [5.74, 6) is 2.53. The molecule has 2 aromatic carbocycles. The van der Waals surface area contributed by atoms with Gasteiger partial charge in [0, 0.05) is 30.4 Å². The van der Waals surface area contributed by atoms with E-state index in [0.29, 0.717) is 47.0 Å². The predicted octanol–water partition coefficient (Wildman–Crippen LogP) is 5.24. The maximum Gasteiger partial charge on any atom is 0.255 e. The molecule has 4 heterocycles. The average molecular weight is 522 g/mol. The van der Waals surface area contributed by atoms with Crippen molar-refractivity contribution < 1.29 is 13.9 Å². The van der Waals surface area contributed by atoms with Gasteiger partial charge in [-0.1, -0.05) is 6.08 Å². The van der Waals surface area contributed by atoms with Gasteiger partial charge in [-0.05, 0) is 75.5 Å². The fraction of sp³-hybridized carbons (Fsp3) is 0.207. The Kier molecular flexibility index (Phi) is 6.37. The molecule has 0 saturated carbocycles. The van der Waals surface area contributed by atoms with Gasteiger partial charge in [0.2, 0.25) is 0 Å². The van der Waals surface area contributed by atoms with Crippen LogP contribution in [0.3, 0.4) is 0 Å². The van der Waals surface area contributed by atoms with Crippen LogP contribution in [-0.2, 0) is 4.79 Å². The summed E-state index contributed by atoms with van der Waals surface area (Å²) in [5.41, 5.74) is 5.30. The van der Waals surface area contributed by atoms with Gasteiger partial charge >= 0.3 is 0 Å². The molecule has 6 rings (SSSR count). The van der Waals surface area contributed by atoms with E-state index in [1.165, 1.54) is 12.7 Å². The molecule has 1 saturated heterocycles. The molecule has 0 aliphatic carbocycles. The number of rotatable bonds is 7. The number of amides is 1. The summed E-state index contributed by atoms with van der Waals surface area (Å²) in [6.45, 7) is 3.29. The zero-order chi connectivity index (χ0) is 26.9. The number of anilines is 3. The van der Waals surface area contributed by atoms with Crippen molar-refractivity contribution in [1.82, 2.24) is 24.8 Å². The number of benzene rings is 2. The van der Waals surface area contributed by atoms with Crippen LogP contribution in [0.1, 0.15) is 12.0 Å². The Morgan fingerprint density at radius 2 is 1.97 bits per heavy atom. The summed E-state index contributed by atoms with van der Waals surface area (Å²) < 4.78 is 11.4. The Bertz CT molecular complexity index is 1730. The molecule has 10 nitrogen and oxygen atoms in total. The molecule has 0 unspecified atom stereocenters. The minimum Gasteiger partial charge on any atom is -0.457 e. The maximum atomic E-state index is 13.0. The lowest BCUT2D eigenvalue weighted by molar-refractivity contribution is -0.114. The highest BCUT2D eigenvalue weighted by atomic mass is 16.5. The smallest absolute Gasteiger partial charge is 0.255 e. The van der Waals surface area contributed by atoms with Crippen molar-refractivity contribution in [2.24, 2.45) is 0 Å². The van der Waals surface area contributed by atoms with E-state index in [4.69, 9.17) is 14.1 Å². The summed E-state index contributed by atoms with van der Waals surface area (Å²) in [6.07, 6.45) is 5.60. The number of nitrogens with zero attached hydrogens (tertiary/aromatic N) is 6. The Morgan fingerprint density at radius 1 is 1.08 bits per heavy atom. The molecule has 1 aliphatic rings. The summed E-state index contributed by atoms with van der Waals surface area (Å²) in [4.78, 5) is 34.5. The number of nitrogens with one attached hydrogen (secondary N) is 1. The van der Waals surface area contributed by atoms with Gasteiger partial charge in [0.05, 0.1) is 5.52 Å². The van der Waals surface area contributed by atoms with Crippen LogP contribution in [0, 0.1) is 6.92 Å². The van der Waals surface area contributed by atoms with Gasteiger partial charge in [-0.3, -0.25) is 9.69 Å². The standard InChI is InChI=1S/C29H27N7O3/c1-18-14-20(4-7-24(18)39-21-5-8-25-23(15-21)32-17-38-25)33-28-27-22(30-16-31-28)6-9-26(34-27)36-13-11-19(29(36)37)10-12-35(2)3/h4-10,14-17H,11-13H2,1-3H3,(H,30,31,33)/b19-10+. The fourth-order valence-electron chi connectivity index (χ4n) is 4.49. The maximum absolute atomic E-state index is 13.0. The number of likely N-dealkylation sites (N-methyl/N-ethyl adjacent to an activating group) is 1. The minimum atomic E-state index is -0.0102. The van der Waals surface area contributed by atoms with E-state index in [9.17, 15) is 4.79 Å². The highest BCUT2D eigenvalue weighted by Gasteiger charge is 2.28. The van der Waals surface area contributed by atoms with Crippen LogP contribution in [0.25, 0.3) is 22.1 Å². The van der Waals surface area contributed by atoms with Crippen LogP contribution < -0.4 is 15.0 Å². The number of carbonyl (C=O) groups is 1. The number of aromatic nitrogens is 4. The number of fused-ring (bicyclic) bond motifs is 2. The highest BCUT2D eigenvalue weighted by molar-refractivity contribution is 6.08. The molecule has 196 valence electrons. The first-order chi connectivity index (χ1) is 18.9. The second-order valence-electron chi connectivity index (χ2n) is 9.65. The Balaban J connectivity index is 1.23. The number of oxazole rings is 1. The van der Waals surface area contributed by atoms with E-state index in [1.54, 1.807) is 4.90 Å². The van der Waals surface area contributed by atoms with E-state index >= 15 is 0 Å². The predicted molar refractivity (Wildman–Crippen MR) is 149 cm³/mol. The molecule has 1 aliphatic heterocycles. The van der Waals surface area contributed by atoms with Crippen molar-refractivity contribution in [2.75, 3.05) is 37.4 Å². The summed E-state index contributed by atoms with van der Waals surface area (Å²) >= 11 is 0. The Labute approximate surface area is 225 Å². The van der Waals surface area contributed by atoms with Crippen molar-refractivity contribution in [3.8, 4) is 11.5 Å². The van der Waals surface area contributed by atoms with Gasteiger partial charge in [-0.25, -0.2) is 19.9 Å². The third-order valence-electron chi connectivity index (χ3n) is 6.54. The largest absolute Gasteiger partial charge is 0.457 e. The van der Waals surface area contributed by atoms with E-state index in [2.05, 4.69) is 20.3 Å². The molecule has 0 atom stereocenters. The minimum absolute atomic E-state index is 0.0102. The van der Waals surface area contributed by atoms with Gasteiger partial charge in [0.1, 0.15) is 34.7 Å². The summed E-state index contributed by atoms with van der Waals surface area (Å²) in [7, 11) is 3.96. The first-order valence-electron chi connectivity index (χ1n) is 12.6. The quantitative estimate of drug-likeness (QED) is 0.288. The van der Waals surface area contributed by atoms with Crippen molar-refractivity contribution in [3.05, 3.63) is 78.5 Å². The lowest BCUT2D eigenvalue weighted by Gasteiger charge is -2.16. The number of aryl methyl sites for hydroxylation is 1. The molecule has 0 bridgehead atoms. The van der Waals surface area contributed by atoms with Crippen LogP contribution in [0.4, 0.5) is 17.3 Å². The number of hydrogen-bond donors (Lipinski definition) is 1. The second-order valence-corrected chi connectivity index (χ2v) is 9.65. The molecular formula is C29H27N7O3. The molecule has 1 fully saturated rings. The monoisotopic (exact) mass is 521 g/mol. The van der Waals surface area contributed by atoms with Crippen molar-refractivity contribution >= 4 is 45.4 Å². The third-order valence-corrected chi connectivity index (χ3v) is 6.54. The zero-order valence-electron chi connectivity index (χ0n) is 21.9. The molecule has 1 amide bonds. The number of hydrogen-bond acceptors (Lipinski definition) is 9. The van der Waals surface area contributed by atoms with Gasteiger partial charge in [-0.15, -0.1) is 0 Å². The number of ether oxygens (including phenoxy) is 1. The Hall–Kier alpha value is -4.83. The lowest BCUT2D eigenvalue weighted by Crippen LogP contribution is -2.25. The molecule has 0 radical (unpaired) electrons. The van der Waals surface area contributed by atoms with Crippen molar-refractivity contribution in [1.29, 1.82) is 0 Å². The van der Waals surface area contributed by atoms with Gasteiger partial charge in [-0.2, -0.15) is 0 Å². The molecule has 10 heteroatoms.